The summed E-state index contributed by atoms with van der Waals surface area (Å²) in [4.78, 5) is 25.7. The summed E-state index contributed by atoms with van der Waals surface area (Å²) < 4.78 is 0. The predicted octanol–water partition coefficient (Wildman–Crippen LogP) is 3.77. The molecule has 0 atom stereocenters. The van der Waals surface area contributed by atoms with Crippen molar-refractivity contribution in [1.29, 1.82) is 0 Å². The molecule has 2 aromatic rings. The van der Waals surface area contributed by atoms with E-state index in [9.17, 15) is 14.7 Å². The molecule has 0 spiro atoms. The molecule has 0 aliphatic heterocycles. The van der Waals surface area contributed by atoms with Crippen molar-refractivity contribution in [2.24, 2.45) is 0 Å². The Kier molecular flexibility index (Phi) is 6.12. The third kappa shape index (κ3) is 4.57. The van der Waals surface area contributed by atoms with E-state index in [4.69, 9.17) is 0 Å². The minimum atomic E-state index is -0.887. The first-order valence-electron chi connectivity index (χ1n) is 8.25. The van der Waals surface area contributed by atoms with Crippen LogP contribution in [0.3, 0.4) is 0 Å². The SMILES string of the molecule is CCC(C(=O)O)=C(Cc1ccc(C(=O)c2ccccc2)cc1)N(C)C. The molecule has 0 bridgehead atoms. The maximum Gasteiger partial charge on any atom is 0.333 e. The Morgan fingerprint density at radius 1 is 0.920 bits per heavy atom. The Bertz CT molecular complexity index is 775. The Morgan fingerprint density at radius 3 is 1.96 bits per heavy atom. The Balaban J connectivity index is 2.25. The van der Waals surface area contributed by atoms with Crippen molar-refractivity contribution < 1.29 is 14.7 Å². The van der Waals surface area contributed by atoms with Gasteiger partial charge >= 0.3 is 5.97 Å². The van der Waals surface area contributed by atoms with Gasteiger partial charge in [0.25, 0.3) is 0 Å². The smallest absolute Gasteiger partial charge is 0.333 e. The molecular formula is C21H23NO3. The predicted molar refractivity (Wildman–Crippen MR) is 98.7 cm³/mol. The maximum absolute atomic E-state index is 12.4. The molecule has 0 fully saturated rings. The van der Waals surface area contributed by atoms with Gasteiger partial charge in [0.1, 0.15) is 0 Å². The summed E-state index contributed by atoms with van der Waals surface area (Å²) >= 11 is 0. The summed E-state index contributed by atoms with van der Waals surface area (Å²) in [5, 5.41) is 9.38. The van der Waals surface area contributed by atoms with E-state index in [-0.39, 0.29) is 5.78 Å². The van der Waals surface area contributed by atoms with Crippen molar-refractivity contribution >= 4 is 11.8 Å². The van der Waals surface area contributed by atoms with Crippen molar-refractivity contribution in [2.45, 2.75) is 19.8 Å². The zero-order valence-corrected chi connectivity index (χ0v) is 14.8. The van der Waals surface area contributed by atoms with Crippen molar-refractivity contribution in [3.8, 4) is 0 Å². The molecule has 130 valence electrons. The Morgan fingerprint density at radius 2 is 1.48 bits per heavy atom. The summed E-state index contributed by atoms with van der Waals surface area (Å²) in [5.74, 6) is -0.905. The van der Waals surface area contributed by atoms with Crippen LogP contribution in [0, 0.1) is 0 Å². The lowest BCUT2D eigenvalue weighted by Gasteiger charge is -2.20. The van der Waals surface area contributed by atoms with Crippen LogP contribution < -0.4 is 0 Å². The van der Waals surface area contributed by atoms with Crippen LogP contribution in [0.2, 0.25) is 0 Å². The highest BCUT2D eigenvalue weighted by molar-refractivity contribution is 6.08. The fourth-order valence-corrected chi connectivity index (χ4v) is 2.74. The summed E-state index contributed by atoms with van der Waals surface area (Å²) in [7, 11) is 3.70. The van der Waals surface area contributed by atoms with Crippen LogP contribution in [-0.4, -0.2) is 35.9 Å². The van der Waals surface area contributed by atoms with E-state index in [1.54, 1.807) is 24.3 Å². The van der Waals surface area contributed by atoms with Gasteiger partial charge in [0.2, 0.25) is 0 Å². The molecule has 0 unspecified atom stereocenters. The molecule has 4 heteroatoms. The number of carboxylic acid groups (broad SMARTS) is 1. The van der Waals surface area contributed by atoms with Crippen LogP contribution >= 0.6 is 0 Å². The lowest BCUT2D eigenvalue weighted by molar-refractivity contribution is -0.132. The van der Waals surface area contributed by atoms with Gasteiger partial charge in [0.05, 0.1) is 5.57 Å². The number of likely N-dealkylation sites (N-methyl/N-ethyl adjacent to an activating group) is 1. The molecule has 2 rings (SSSR count). The van der Waals surface area contributed by atoms with E-state index in [1.807, 2.05) is 56.3 Å². The van der Waals surface area contributed by atoms with Crippen LogP contribution in [0.1, 0.15) is 34.8 Å². The van der Waals surface area contributed by atoms with E-state index < -0.39 is 5.97 Å². The second-order valence-electron chi connectivity index (χ2n) is 6.05. The molecular weight excluding hydrogens is 314 g/mol. The second kappa shape index (κ2) is 8.29. The molecule has 0 heterocycles. The highest BCUT2D eigenvalue weighted by Crippen LogP contribution is 2.19. The van der Waals surface area contributed by atoms with Crippen LogP contribution in [0.5, 0.6) is 0 Å². The van der Waals surface area contributed by atoms with Gasteiger partial charge in [-0.1, -0.05) is 61.5 Å². The molecule has 0 amide bonds. The van der Waals surface area contributed by atoms with E-state index >= 15 is 0 Å². The molecule has 2 aromatic carbocycles. The number of allylic oxidation sites excluding steroid dienone is 1. The van der Waals surface area contributed by atoms with Gasteiger partial charge < -0.3 is 10.0 Å². The van der Waals surface area contributed by atoms with Gasteiger partial charge in [-0.2, -0.15) is 0 Å². The van der Waals surface area contributed by atoms with Gasteiger partial charge in [-0.15, -0.1) is 0 Å². The monoisotopic (exact) mass is 337 g/mol. The number of carbonyl (C=O) groups is 2. The summed E-state index contributed by atoms with van der Waals surface area (Å²) in [6.45, 7) is 1.84. The molecule has 0 aliphatic carbocycles. The number of benzene rings is 2. The van der Waals surface area contributed by atoms with Crippen LogP contribution in [-0.2, 0) is 11.2 Å². The molecule has 0 saturated heterocycles. The summed E-state index contributed by atoms with van der Waals surface area (Å²) in [6, 6.07) is 16.5. The largest absolute Gasteiger partial charge is 0.478 e. The highest BCUT2D eigenvalue weighted by atomic mass is 16.4. The minimum absolute atomic E-state index is 0.0182. The van der Waals surface area contributed by atoms with Gasteiger partial charge in [0.15, 0.2) is 5.78 Å². The summed E-state index contributed by atoms with van der Waals surface area (Å²) in [6.07, 6.45) is 0.982. The van der Waals surface area contributed by atoms with E-state index in [2.05, 4.69) is 0 Å². The molecule has 1 N–H and O–H groups in total. The normalized spacial score (nSPS) is 11.6. The lowest BCUT2D eigenvalue weighted by Crippen LogP contribution is -2.19. The molecule has 0 aliphatic rings. The second-order valence-corrected chi connectivity index (χ2v) is 6.05. The standard InChI is InChI=1S/C21H23NO3/c1-4-18(21(24)25)19(22(2)3)14-15-10-12-17(13-11-15)20(23)16-8-6-5-7-9-16/h5-13H,4,14H2,1-3H3,(H,24,25). The van der Waals surface area contributed by atoms with E-state index in [1.165, 1.54) is 0 Å². The summed E-state index contributed by atoms with van der Waals surface area (Å²) in [5.41, 5.74) is 3.44. The average molecular weight is 337 g/mol. The first-order chi connectivity index (χ1) is 11.9. The number of ketones is 1. The lowest BCUT2D eigenvalue weighted by atomic mass is 9.99. The van der Waals surface area contributed by atoms with Gasteiger partial charge in [-0.05, 0) is 12.0 Å². The minimum Gasteiger partial charge on any atom is -0.478 e. The number of hydrogen-bond donors (Lipinski definition) is 1. The van der Waals surface area contributed by atoms with E-state index in [0.717, 1.165) is 11.3 Å². The van der Waals surface area contributed by atoms with Crippen molar-refractivity contribution in [3.63, 3.8) is 0 Å². The molecule has 0 radical (unpaired) electrons. The van der Waals surface area contributed by atoms with Gasteiger partial charge in [-0.3, -0.25) is 4.79 Å². The number of aliphatic carboxylic acids is 1. The average Bonchev–Trinajstić information content (AvgIpc) is 2.62. The van der Waals surface area contributed by atoms with Gasteiger partial charge in [-0.25, -0.2) is 4.79 Å². The molecule has 25 heavy (non-hydrogen) atoms. The zero-order chi connectivity index (χ0) is 18.4. The molecule has 0 saturated carbocycles. The van der Waals surface area contributed by atoms with Gasteiger partial charge in [0, 0.05) is 37.3 Å². The highest BCUT2D eigenvalue weighted by Gasteiger charge is 2.15. The molecule has 0 aromatic heterocycles. The number of rotatable bonds is 7. The number of hydrogen-bond acceptors (Lipinski definition) is 3. The maximum atomic E-state index is 12.4. The first kappa shape index (κ1) is 18.5. The topological polar surface area (TPSA) is 57.6 Å². The quantitative estimate of drug-likeness (QED) is 0.617. The number of nitrogens with zero attached hydrogens (tertiary/aromatic N) is 1. The third-order valence-electron chi connectivity index (χ3n) is 4.12. The van der Waals surface area contributed by atoms with Crippen molar-refractivity contribution in [3.05, 3.63) is 82.6 Å². The first-order valence-corrected chi connectivity index (χ1v) is 8.25. The fourth-order valence-electron chi connectivity index (χ4n) is 2.74. The third-order valence-corrected chi connectivity index (χ3v) is 4.12. The van der Waals surface area contributed by atoms with E-state index in [0.29, 0.717) is 29.5 Å². The van der Waals surface area contributed by atoms with Crippen LogP contribution in [0.15, 0.2) is 65.9 Å². The van der Waals surface area contributed by atoms with Crippen molar-refractivity contribution in [2.75, 3.05) is 14.1 Å². The Labute approximate surface area is 148 Å². The fraction of sp³-hybridized carbons (Fsp3) is 0.238. The Hall–Kier alpha value is -2.88. The van der Waals surface area contributed by atoms with Crippen molar-refractivity contribution in [1.82, 2.24) is 4.90 Å². The zero-order valence-electron chi connectivity index (χ0n) is 14.8. The number of carboxylic acids is 1. The molecule has 4 nitrogen and oxygen atoms in total. The van der Waals surface area contributed by atoms with Crippen LogP contribution in [0.25, 0.3) is 0 Å². The van der Waals surface area contributed by atoms with Crippen LogP contribution in [0.4, 0.5) is 0 Å². The number of carbonyl (C=O) groups excluding carboxylic acids is 1.